The summed E-state index contributed by atoms with van der Waals surface area (Å²) in [7, 11) is 0. The molecule has 0 spiro atoms. The molecule has 1 heterocycles. The van der Waals surface area contributed by atoms with Crippen molar-refractivity contribution >= 4 is 22.8 Å². The van der Waals surface area contributed by atoms with E-state index in [1.54, 1.807) is 6.20 Å². The summed E-state index contributed by atoms with van der Waals surface area (Å²) in [5.41, 5.74) is 1.30. The lowest BCUT2D eigenvalue weighted by molar-refractivity contribution is -0.140. The molecule has 5 heteroatoms. The summed E-state index contributed by atoms with van der Waals surface area (Å²) in [6, 6.07) is 9.65. The highest BCUT2D eigenvalue weighted by Crippen LogP contribution is 2.58. The smallest absolute Gasteiger partial charge is 0.307 e. The van der Waals surface area contributed by atoms with Crippen molar-refractivity contribution in [2.45, 2.75) is 20.4 Å². The van der Waals surface area contributed by atoms with E-state index in [9.17, 15) is 9.59 Å². The minimum absolute atomic E-state index is 0.203. The number of amides is 1. The predicted octanol–water partition coefficient (Wildman–Crippen LogP) is 2.21. The largest absolute Gasteiger partial charge is 0.481 e. The number of carbonyl (C=O) groups is 2. The first-order chi connectivity index (χ1) is 10.4. The predicted molar refractivity (Wildman–Crippen MR) is 82.0 cm³/mol. The van der Waals surface area contributed by atoms with Crippen molar-refractivity contribution in [1.82, 2.24) is 10.3 Å². The van der Waals surface area contributed by atoms with E-state index in [0.29, 0.717) is 6.54 Å². The third-order valence-corrected chi connectivity index (χ3v) is 4.55. The second-order valence-corrected chi connectivity index (χ2v) is 6.33. The summed E-state index contributed by atoms with van der Waals surface area (Å²) in [6.07, 6.45) is 1.72. The number of carboxylic acids is 1. The molecule has 1 saturated carbocycles. The van der Waals surface area contributed by atoms with Gasteiger partial charge in [-0.3, -0.25) is 14.6 Å². The van der Waals surface area contributed by atoms with Gasteiger partial charge in [-0.25, -0.2) is 0 Å². The molecule has 1 aliphatic rings. The number of nitrogens with zero attached hydrogens (tertiary/aromatic N) is 1. The molecule has 2 aromatic rings. The molecule has 22 heavy (non-hydrogen) atoms. The number of hydrogen-bond donors (Lipinski definition) is 2. The number of para-hydroxylation sites is 1. The van der Waals surface area contributed by atoms with E-state index in [2.05, 4.69) is 10.3 Å². The highest BCUT2D eigenvalue weighted by Gasteiger charge is 2.65. The summed E-state index contributed by atoms with van der Waals surface area (Å²) in [5.74, 6) is -2.17. The Bertz CT molecular complexity index is 749. The lowest BCUT2D eigenvalue weighted by Gasteiger charge is -2.08. The highest BCUT2D eigenvalue weighted by molar-refractivity contribution is 5.92. The van der Waals surface area contributed by atoms with Gasteiger partial charge in [-0.2, -0.15) is 0 Å². The first-order valence-corrected chi connectivity index (χ1v) is 7.26. The van der Waals surface area contributed by atoms with E-state index < -0.39 is 23.2 Å². The van der Waals surface area contributed by atoms with Crippen LogP contribution in [0.1, 0.15) is 19.4 Å². The van der Waals surface area contributed by atoms with Crippen LogP contribution in [-0.4, -0.2) is 22.0 Å². The Hall–Kier alpha value is -2.43. The van der Waals surface area contributed by atoms with E-state index in [-0.39, 0.29) is 5.91 Å². The first kappa shape index (κ1) is 14.5. The number of fused-ring (bicyclic) bond motifs is 1. The van der Waals surface area contributed by atoms with Crippen LogP contribution >= 0.6 is 0 Å². The Balaban J connectivity index is 1.73. The lowest BCUT2D eigenvalue weighted by atomic mass is 10.1. The van der Waals surface area contributed by atoms with Gasteiger partial charge in [0.25, 0.3) is 0 Å². The number of rotatable bonds is 4. The van der Waals surface area contributed by atoms with Gasteiger partial charge in [-0.15, -0.1) is 0 Å². The normalized spacial score (nSPS) is 22.3. The fraction of sp³-hybridized carbons (Fsp3) is 0.353. The molecule has 114 valence electrons. The summed E-state index contributed by atoms with van der Waals surface area (Å²) >= 11 is 0. The second-order valence-electron chi connectivity index (χ2n) is 6.33. The van der Waals surface area contributed by atoms with Crippen molar-refractivity contribution in [2.75, 3.05) is 0 Å². The molecule has 3 rings (SSSR count). The SMILES string of the molecule is CC1(C)[C@H](C(=O)O)[C@@H]1C(=O)NCc1cccc2cccnc12. The Kier molecular flexibility index (Phi) is 3.35. The van der Waals surface area contributed by atoms with Crippen LogP contribution in [-0.2, 0) is 16.1 Å². The molecule has 0 radical (unpaired) electrons. The molecule has 1 aromatic heterocycles. The molecule has 1 aliphatic carbocycles. The van der Waals surface area contributed by atoms with Crippen molar-refractivity contribution in [2.24, 2.45) is 17.3 Å². The van der Waals surface area contributed by atoms with Crippen LogP contribution in [0.2, 0.25) is 0 Å². The van der Waals surface area contributed by atoms with Gasteiger partial charge in [0.2, 0.25) is 5.91 Å². The van der Waals surface area contributed by atoms with Crippen molar-refractivity contribution < 1.29 is 14.7 Å². The van der Waals surface area contributed by atoms with Crippen molar-refractivity contribution in [1.29, 1.82) is 0 Å². The third kappa shape index (κ3) is 2.32. The standard InChI is InChI=1S/C17H18N2O3/c1-17(2)12(13(17)16(21)22)15(20)19-9-11-6-3-5-10-7-4-8-18-14(10)11/h3-8,12-13H,9H2,1-2H3,(H,19,20)(H,21,22)/t12-,13+/m1/s1. The number of nitrogens with one attached hydrogen (secondary N) is 1. The first-order valence-electron chi connectivity index (χ1n) is 7.26. The van der Waals surface area contributed by atoms with E-state index in [0.717, 1.165) is 16.5 Å². The Morgan fingerprint density at radius 3 is 2.64 bits per heavy atom. The summed E-state index contributed by atoms with van der Waals surface area (Å²) in [5, 5.41) is 13.0. The fourth-order valence-electron chi connectivity index (χ4n) is 3.19. The zero-order chi connectivity index (χ0) is 15.9. The molecule has 2 atom stereocenters. The molecule has 0 bridgehead atoms. The Morgan fingerprint density at radius 2 is 1.95 bits per heavy atom. The quantitative estimate of drug-likeness (QED) is 0.907. The molecule has 1 aromatic carbocycles. The van der Waals surface area contributed by atoms with Gasteiger partial charge in [-0.1, -0.05) is 38.1 Å². The average molecular weight is 298 g/mol. The van der Waals surface area contributed by atoms with Gasteiger partial charge >= 0.3 is 5.97 Å². The number of aromatic nitrogens is 1. The topological polar surface area (TPSA) is 79.3 Å². The van der Waals surface area contributed by atoms with Gasteiger partial charge in [0.05, 0.1) is 17.4 Å². The molecule has 0 saturated heterocycles. The molecular weight excluding hydrogens is 280 g/mol. The van der Waals surface area contributed by atoms with E-state index in [1.165, 1.54) is 0 Å². The Morgan fingerprint density at radius 1 is 1.23 bits per heavy atom. The zero-order valence-corrected chi connectivity index (χ0v) is 12.5. The molecule has 1 amide bonds. The molecule has 0 unspecified atom stereocenters. The van der Waals surface area contributed by atoms with Crippen LogP contribution in [0.15, 0.2) is 36.5 Å². The second kappa shape index (κ2) is 5.09. The average Bonchev–Trinajstić information content (AvgIpc) is 3.08. The van der Waals surface area contributed by atoms with Crippen LogP contribution in [0.3, 0.4) is 0 Å². The van der Waals surface area contributed by atoms with Crippen molar-refractivity contribution in [3.05, 3.63) is 42.1 Å². The number of aliphatic carboxylic acids is 1. The summed E-state index contributed by atoms with van der Waals surface area (Å²) in [6.45, 7) is 3.98. The summed E-state index contributed by atoms with van der Waals surface area (Å²) in [4.78, 5) is 27.7. The minimum atomic E-state index is -0.906. The van der Waals surface area contributed by atoms with Gasteiger partial charge in [0, 0.05) is 18.1 Å². The maximum atomic E-state index is 12.3. The molecular formula is C17H18N2O3. The summed E-state index contributed by atoms with van der Waals surface area (Å²) < 4.78 is 0. The fourth-order valence-corrected chi connectivity index (χ4v) is 3.19. The monoisotopic (exact) mass is 298 g/mol. The highest BCUT2D eigenvalue weighted by atomic mass is 16.4. The number of benzene rings is 1. The van der Waals surface area contributed by atoms with Gasteiger partial charge in [-0.05, 0) is 17.0 Å². The number of carboxylic acid groups (broad SMARTS) is 1. The van der Waals surface area contributed by atoms with Crippen molar-refractivity contribution in [3.8, 4) is 0 Å². The Labute approximate surface area is 128 Å². The maximum absolute atomic E-state index is 12.3. The van der Waals surface area contributed by atoms with Gasteiger partial charge < -0.3 is 10.4 Å². The van der Waals surface area contributed by atoms with Crippen LogP contribution in [0.5, 0.6) is 0 Å². The maximum Gasteiger partial charge on any atom is 0.307 e. The van der Waals surface area contributed by atoms with E-state index in [4.69, 9.17) is 5.11 Å². The minimum Gasteiger partial charge on any atom is -0.481 e. The van der Waals surface area contributed by atoms with Crippen LogP contribution in [0.4, 0.5) is 0 Å². The number of pyridine rings is 1. The molecule has 5 nitrogen and oxygen atoms in total. The zero-order valence-electron chi connectivity index (χ0n) is 12.5. The van der Waals surface area contributed by atoms with Crippen LogP contribution in [0.25, 0.3) is 10.9 Å². The number of carbonyl (C=O) groups excluding carboxylic acids is 1. The molecule has 2 N–H and O–H groups in total. The van der Waals surface area contributed by atoms with Crippen molar-refractivity contribution in [3.63, 3.8) is 0 Å². The molecule has 1 fully saturated rings. The van der Waals surface area contributed by atoms with Gasteiger partial charge in [0.15, 0.2) is 0 Å². The van der Waals surface area contributed by atoms with Crippen LogP contribution < -0.4 is 5.32 Å². The lowest BCUT2D eigenvalue weighted by Crippen LogP contribution is -2.27. The van der Waals surface area contributed by atoms with E-state index in [1.807, 2.05) is 44.2 Å². The molecule has 0 aliphatic heterocycles. The van der Waals surface area contributed by atoms with Gasteiger partial charge in [0.1, 0.15) is 0 Å². The van der Waals surface area contributed by atoms with Crippen LogP contribution in [0, 0.1) is 17.3 Å². The third-order valence-electron chi connectivity index (χ3n) is 4.55. The number of hydrogen-bond acceptors (Lipinski definition) is 3. The van der Waals surface area contributed by atoms with E-state index >= 15 is 0 Å².